The van der Waals surface area contributed by atoms with Crippen molar-refractivity contribution < 1.29 is 14.3 Å². The molecule has 0 radical (unpaired) electrons. The van der Waals surface area contributed by atoms with Crippen molar-refractivity contribution in [2.75, 3.05) is 5.32 Å². The van der Waals surface area contributed by atoms with E-state index in [2.05, 4.69) is 21.2 Å². The maximum absolute atomic E-state index is 13.5. The highest BCUT2D eigenvalue weighted by molar-refractivity contribution is 9.10. The number of rotatable bonds is 4. The minimum atomic E-state index is -1.05. The van der Waals surface area contributed by atoms with Crippen molar-refractivity contribution >= 4 is 38.9 Å². The molecule has 1 atom stereocenters. The number of halogens is 2. The largest absolute Gasteiger partial charge is 0.479 e. The first-order valence-electron chi connectivity index (χ1n) is 5.05. The van der Waals surface area contributed by atoms with E-state index in [-0.39, 0.29) is 5.69 Å². The Hall–Kier alpha value is -1.40. The summed E-state index contributed by atoms with van der Waals surface area (Å²) in [4.78, 5) is 11.8. The summed E-state index contributed by atoms with van der Waals surface area (Å²) < 4.78 is 14.3. The number of carbonyl (C=O) groups is 1. The number of hydrogen-bond acceptors (Lipinski definition) is 3. The van der Waals surface area contributed by atoms with Crippen LogP contribution in [-0.2, 0) is 4.79 Å². The topological polar surface area (TPSA) is 49.3 Å². The molecular formula is C12H9BrFNO2S. The summed E-state index contributed by atoms with van der Waals surface area (Å²) in [5.74, 6) is -1.52. The minimum Gasteiger partial charge on any atom is -0.479 e. The summed E-state index contributed by atoms with van der Waals surface area (Å²) >= 11 is 4.56. The first-order chi connectivity index (χ1) is 8.58. The molecule has 3 nitrogen and oxygen atoms in total. The van der Waals surface area contributed by atoms with E-state index in [0.717, 1.165) is 4.47 Å². The average Bonchev–Trinajstić information content (AvgIpc) is 2.74. The Bertz CT molecular complexity index is 573. The Morgan fingerprint density at radius 3 is 2.72 bits per heavy atom. The fourth-order valence-corrected chi connectivity index (χ4v) is 2.95. The highest BCUT2D eigenvalue weighted by Crippen LogP contribution is 2.29. The lowest BCUT2D eigenvalue weighted by Gasteiger charge is -2.14. The van der Waals surface area contributed by atoms with Crippen LogP contribution in [0, 0.1) is 5.82 Å². The highest BCUT2D eigenvalue weighted by Gasteiger charge is 2.22. The molecule has 2 aromatic rings. The molecule has 2 rings (SSSR count). The van der Waals surface area contributed by atoms with Gasteiger partial charge in [0.1, 0.15) is 5.82 Å². The molecule has 1 unspecified atom stereocenters. The van der Waals surface area contributed by atoms with Gasteiger partial charge < -0.3 is 10.4 Å². The molecule has 0 fully saturated rings. The molecule has 1 aromatic carbocycles. The zero-order chi connectivity index (χ0) is 13.1. The summed E-state index contributed by atoms with van der Waals surface area (Å²) in [5.41, 5.74) is 0.175. The SMILES string of the molecule is O=C(O)C(Nc1ccccc1F)c1cc(Br)cs1. The molecule has 0 aliphatic rings. The Balaban J connectivity index is 2.28. The third kappa shape index (κ3) is 2.88. The van der Waals surface area contributed by atoms with Crippen molar-refractivity contribution in [3.05, 3.63) is 50.9 Å². The zero-order valence-electron chi connectivity index (χ0n) is 9.06. The maximum Gasteiger partial charge on any atom is 0.331 e. The number of anilines is 1. The first-order valence-corrected chi connectivity index (χ1v) is 6.73. The van der Waals surface area contributed by atoms with Crippen LogP contribution in [0.25, 0.3) is 0 Å². The lowest BCUT2D eigenvalue weighted by molar-refractivity contribution is -0.138. The van der Waals surface area contributed by atoms with E-state index in [1.54, 1.807) is 23.6 Å². The predicted molar refractivity (Wildman–Crippen MR) is 72.4 cm³/mol. The molecule has 2 N–H and O–H groups in total. The Morgan fingerprint density at radius 2 is 2.17 bits per heavy atom. The second-order valence-electron chi connectivity index (χ2n) is 3.56. The number of hydrogen-bond donors (Lipinski definition) is 2. The third-order valence-electron chi connectivity index (χ3n) is 2.29. The van der Waals surface area contributed by atoms with Gasteiger partial charge in [-0.05, 0) is 34.1 Å². The molecular weight excluding hydrogens is 321 g/mol. The summed E-state index contributed by atoms with van der Waals surface area (Å²) in [6.07, 6.45) is 0. The summed E-state index contributed by atoms with van der Waals surface area (Å²) in [6, 6.07) is 6.74. The molecule has 0 spiro atoms. The molecule has 0 saturated heterocycles. The van der Waals surface area contributed by atoms with Crippen LogP contribution in [0.3, 0.4) is 0 Å². The third-order valence-corrected chi connectivity index (χ3v) is 4.05. The summed E-state index contributed by atoms with van der Waals surface area (Å²) in [6.45, 7) is 0. The Kier molecular flexibility index (Phi) is 3.98. The second kappa shape index (κ2) is 5.49. The molecule has 1 heterocycles. The van der Waals surface area contributed by atoms with Crippen LogP contribution in [0.2, 0.25) is 0 Å². The normalized spacial score (nSPS) is 12.1. The van der Waals surface area contributed by atoms with Gasteiger partial charge in [-0.1, -0.05) is 12.1 Å². The van der Waals surface area contributed by atoms with Crippen LogP contribution in [0.4, 0.5) is 10.1 Å². The second-order valence-corrected chi connectivity index (χ2v) is 5.42. The van der Waals surface area contributed by atoms with Crippen molar-refractivity contribution in [3.8, 4) is 0 Å². The number of para-hydroxylation sites is 1. The van der Waals surface area contributed by atoms with Gasteiger partial charge in [-0.3, -0.25) is 0 Å². The average molecular weight is 330 g/mol. The van der Waals surface area contributed by atoms with Crippen LogP contribution in [0.5, 0.6) is 0 Å². The van der Waals surface area contributed by atoms with Crippen LogP contribution in [0.15, 0.2) is 40.2 Å². The van der Waals surface area contributed by atoms with E-state index in [1.807, 2.05) is 0 Å². The van der Waals surface area contributed by atoms with Gasteiger partial charge in [0, 0.05) is 14.7 Å². The minimum absolute atomic E-state index is 0.175. The maximum atomic E-state index is 13.5. The Morgan fingerprint density at radius 1 is 1.44 bits per heavy atom. The smallest absolute Gasteiger partial charge is 0.331 e. The van der Waals surface area contributed by atoms with E-state index < -0.39 is 17.8 Å². The number of nitrogens with one attached hydrogen (secondary N) is 1. The summed E-state index contributed by atoms with van der Waals surface area (Å²) in [5, 5.41) is 13.7. The van der Waals surface area contributed by atoms with Gasteiger partial charge in [-0.15, -0.1) is 11.3 Å². The molecule has 0 amide bonds. The zero-order valence-corrected chi connectivity index (χ0v) is 11.5. The fraction of sp³-hybridized carbons (Fsp3) is 0.0833. The van der Waals surface area contributed by atoms with E-state index in [1.165, 1.54) is 23.5 Å². The highest BCUT2D eigenvalue weighted by atomic mass is 79.9. The monoisotopic (exact) mass is 329 g/mol. The van der Waals surface area contributed by atoms with Gasteiger partial charge in [0.25, 0.3) is 0 Å². The van der Waals surface area contributed by atoms with E-state index >= 15 is 0 Å². The molecule has 0 aliphatic heterocycles. The van der Waals surface area contributed by atoms with Crippen molar-refractivity contribution in [1.29, 1.82) is 0 Å². The molecule has 6 heteroatoms. The van der Waals surface area contributed by atoms with Gasteiger partial charge in [0.05, 0.1) is 5.69 Å². The lowest BCUT2D eigenvalue weighted by atomic mass is 10.2. The molecule has 0 aliphatic carbocycles. The molecule has 18 heavy (non-hydrogen) atoms. The lowest BCUT2D eigenvalue weighted by Crippen LogP contribution is -2.20. The van der Waals surface area contributed by atoms with Crippen LogP contribution in [0.1, 0.15) is 10.9 Å². The molecule has 0 bridgehead atoms. The van der Waals surface area contributed by atoms with E-state index in [9.17, 15) is 14.3 Å². The number of thiophene rings is 1. The number of aliphatic carboxylic acids is 1. The van der Waals surface area contributed by atoms with Crippen molar-refractivity contribution in [1.82, 2.24) is 0 Å². The van der Waals surface area contributed by atoms with E-state index in [4.69, 9.17) is 0 Å². The van der Waals surface area contributed by atoms with Crippen LogP contribution >= 0.6 is 27.3 Å². The first kappa shape index (κ1) is 13.0. The van der Waals surface area contributed by atoms with Gasteiger partial charge in [-0.2, -0.15) is 0 Å². The Labute approximate surface area is 115 Å². The van der Waals surface area contributed by atoms with Crippen molar-refractivity contribution in [3.63, 3.8) is 0 Å². The number of carboxylic acid groups (broad SMARTS) is 1. The number of benzene rings is 1. The number of carboxylic acids is 1. The molecule has 0 saturated carbocycles. The molecule has 1 aromatic heterocycles. The van der Waals surface area contributed by atoms with Crippen LogP contribution < -0.4 is 5.32 Å². The van der Waals surface area contributed by atoms with Gasteiger partial charge in [0.2, 0.25) is 0 Å². The van der Waals surface area contributed by atoms with Crippen molar-refractivity contribution in [2.24, 2.45) is 0 Å². The van der Waals surface area contributed by atoms with Gasteiger partial charge >= 0.3 is 5.97 Å². The summed E-state index contributed by atoms with van der Waals surface area (Å²) in [7, 11) is 0. The van der Waals surface area contributed by atoms with Gasteiger partial charge in [-0.25, -0.2) is 9.18 Å². The fourth-order valence-electron chi connectivity index (χ4n) is 1.47. The predicted octanol–water partition coefficient (Wildman–Crippen LogP) is 3.89. The van der Waals surface area contributed by atoms with Crippen LogP contribution in [-0.4, -0.2) is 11.1 Å². The standard InChI is InChI=1S/C12H9BrFNO2S/c13-7-5-10(18-6-7)11(12(16)17)15-9-4-2-1-3-8(9)14/h1-6,11,15H,(H,16,17). The molecule has 94 valence electrons. The quantitative estimate of drug-likeness (QED) is 0.894. The van der Waals surface area contributed by atoms with Crippen molar-refractivity contribution in [2.45, 2.75) is 6.04 Å². The van der Waals surface area contributed by atoms with E-state index in [0.29, 0.717) is 4.88 Å². The van der Waals surface area contributed by atoms with Gasteiger partial charge in [0.15, 0.2) is 6.04 Å².